The Balaban J connectivity index is 1.68. The molecule has 132 valence electrons. The van der Waals surface area contributed by atoms with E-state index in [4.69, 9.17) is 11.5 Å². The summed E-state index contributed by atoms with van der Waals surface area (Å²) in [6.07, 6.45) is 14.7. The second-order valence-corrected chi connectivity index (χ2v) is 7.05. The molecule has 0 atom stereocenters. The van der Waals surface area contributed by atoms with Crippen molar-refractivity contribution in [3.05, 3.63) is 35.9 Å². The zero-order chi connectivity index (χ0) is 17.2. The number of aryl methyl sites for hydroxylation is 1. The molecule has 0 amide bonds. The number of nitrogens with two attached hydrogens (primary N) is 2. The summed E-state index contributed by atoms with van der Waals surface area (Å²) >= 11 is 0. The molecule has 0 aliphatic carbocycles. The summed E-state index contributed by atoms with van der Waals surface area (Å²) in [7, 11) is 0. The highest BCUT2D eigenvalue weighted by Crippen LogP contribution is 2.27. The van der Waals surface area contributed by atoms with Gasteiger partial charge in [0.05, 0.1) is 0 Å². The number of hydrogen-bond donors (Lipinski definition) is 2. The largest absolute Gasteiger partial charge is 0.398 e. The SMILES string of the molecule is CCCCCCCCCCCCc1cc2c(N)cccc2cc1N. The molecule has 2 aromatic rings. The minimum Gasteiger partial charge on any atom is -0.398 e. The van der Waals surface area contributed by atoms with Crippen molar-refractivity contribution in [2.24, 2.45) is 0 Å². The molecule has 0 aliphatic rings. The minimum absolute atomic E-state index is 0.844. The van der Waals surface area contributed by atoms with Crippen molar-refractivity contribution >= 4 is 22.1 Å². The summed E-state index contributed by atoms with van der Waals surface area (Å²) in [5.74, 6) is 0. The lowest BCUT2D eigenvalue weighted by molar-refractivity contribution is 0.556. The molecule has 2 heteroatoms. The smallest absolute Gasteiger partial charge is 0.0393 e. The van der Waals surface area contributed by atoms with Crippen LogP contribution in [0.15, 0.2) is 30.3 Å². The molecule has 2 rings (SSSR count). The van der Waals surface area contributed by atoms with E-state index in [1.165, 1.54) is 69.8 Å². The summed E-state index contributed by atoms with van der Waals surface area (Å²) in [6.45, 7) is 2.27. The predicted octanol–water partition coefficient (Wildman–Crippen LogP) is 6.47. The summed E-state index contributed by atoms with van der Waals surface area (Å²) in [5, 5.41) is 2.27. The quantitative estimate of drug-likeness (QED) is 0.367. The first-order valence-corrected chi connectivity index (χ1v) is 9.79. The van der Waals surface area contributed by atoms with Gasteiger partial charge in [-0.15, -0.1) is 0 Å². The van der Waals surface area contributed by atoms with Crippen molar-refractivity contribution in [3.8, 4) is 0 Å². The molecular weight excluding hydrogens is 292 g/mol. The van der Waals surface area contributed by atoms with Gasteiger partial charge in [0.1, 0.15) is 0 Å². The highest BCUT2D eigenvalue weighted by Gasteiger charge is 2.04. The number of hydrogen-bond acceptors (Lipinski definition) is 2. The van der Waals surface area contributed by atoms with Crippen LogP contribution in [0.3, 0.4) is 0 Å². The normalized spacial score (nSPS) is 11.2. The third-order valence-corrected chi connectivity index (χ3v) is 4.97. The van der Waals surface area contributed by atoms with Crippen LogP contribution in [-0.4, -0.2) is 0 Å². The first-order chi connectivity index (χ1) is 11.7. The number of fused-ring (bicyclic) bond motifs is 1. The van der Waals surface area contributed by atoms with Crippen LogP contribution in [0.1, 0.15) is 76.7 Å². The first-order valence-electron chi connectivity index (χ1n) is 9.79. The molecule has 24 heavy (non-hydrogen) atoms. The molecule has 0 saturated heterocycles. The van der Waals surface area contributed by atoms with Gasteiger partial charge in [-0.25, -0.2) is 0 Å². The van der Waals surface area contributed by atoms with Gasteiger partial charge in [0, 0.05) is 16.8 Å². The van der Waals surface area contributed by atoms with Gasteiger partial charge in [-0.3, -0.25) is 0 Å². The van der Waals surface area contributed by atoms with Crippen LogP contribution in [-0.2, 0) is 6.42 Å². The Hall–Kier alpha value is -1.70. The van der Waals surface area contributed by atoms with Crippen LogP contribution in [0.5, 0.6) is 0 Å². The highest BCUT2D eigenvalue weighted by atomic mass is 14.6. The van der Waals surface area contributed by atoms with Crippen LogP contribution in [0, 0.1) is 0 Å². The maximum Gasteiger partial charge on any atom is 0.0393 e. The molecule has 0 radical (unpaired) electrons. The second-order valence-electron chi connectivity index (χ2n) is 7.05. The number of nitrogen functional groups attached to an aromatic ring is 2. The van der Waals surface area contributed by atoms with E-state index < -0.39 is 0 Å². The van der Waals surface area contributed by atoms with E-state index in [1.807, 2.05) is 12.1 Å². The van der Waals surface area contributed by atoms with E-state index in [-0.39, 0.29) is 0 Å². The molecule has 0 unspecified atom stereocenters. The maximum absolute atomic E-state index is 6.22. The average Bonchev–Trinajstić information content (AvgIpc) is 2.57. The van der Waals surface area contributed by atoms with E-state index in [0.717, 1.165) is 28.6 Å². The number of unbranched alkanes of at least 4 members (excludes halogenated alkanes) is 9. The molecule has 0 aromatic heterocycles. The summed E-state index contributed by atoms with van der Waals surface area (Å²) in [5.41, 5.74) is 15.3. The Morgan fingerprint density at radius 1 is 0.708 bits per heavy atom. The van der Waals surface area contributed by atoms with Crippen molar-refractivity contribution in [1.29, 1.82) is 0 Å². The molecule has 2 nitrogen and oxygen atoms in total. The zero-order valence-corrected chi connectivity index (χ0v) is 15.3. The third-order valence-electron chi connectivity index (χ3n) is 4.97. The van der Waals surface area contributed by atoms with E-state index in [2.05, 4.69) is 25.1 Å². The van der Waals surface area contributed by atoms with Crippen molar-refractivity contribution in [3.63, 3.8) is 0 Å². The van der Waals surface area contributed by atoms with Crippen molar-refractivity contribution in [2.75, 3.05) is 11.5 Å². The Morgan fingerprint density at radius 3 is 2.00 bits per heavy atom. The van der Waals surface area contributed by atoms with Gasteiger partial charge in [-0.2, -0.15) is 0 Å². The predicted molar refractivity (Wildman–Crippen MR) is 108 cm³/mol. The Kier molecular flexibility index (Phi) is 7.94. The Morgan fingerprint density at radius 2 is 1.33 bits per heavy atom. The third kappa shape index (κ3) is 5.74. The Labute approximate surface area is 147 Å². The van der Waals surface area contributed by atoms with Crippen LogP contribution in [0.2, 0.25) is 0 Å². The molecule has 0 fully saturated rings. The zero-order valence-electron chi connectivity index (χ0n) is 15.3. The van der Waals surface area contributed by atoms with Crippen molar-refractivity contribution in [1.82, 2.24) is 0 Å². The average molecular weight is 327 g/mol. The molecule has 0 heterocycles. The maximum atomic E-state index is 6.22. The standard InChI is InChI=1S/C22H34N2/c1-2-3-4-5-6-7-8-9-10-11-13-19-16-20-18(17-22(19)24)14-12-15-21(20)23/h12,14-17H,2-11,13,23-24H2,1H3. The molecular formula is C22H34N2. The monoisotopic (exact) mass is 326 g/mol. The molecule has 4 N–H and O–H groups in total. The second kappa shape index (κ2) is 10.2. The summed E-state index contributed by atoms with van der Waals surface area (Å²) < 4.78 is 0. The van der Waals surface area contributed by atoms with Gasteiger partial charge in [0.25, 0.3) is 0 Å². The lowest BCUT2D eigenvalue weighted by Crippen LogP contribution is -1.97. The highest BCUT2D eigenvalue weighted by molar-refractivity contribution is 5.95. The van der Waals surface area contributed by atoms with Crippen molar-refractivity contribution in [2.45, 2.75) is 77.6 Å². The van der Waals surface area contributed by atoms with Gasteiger partial charge < -0.3 is 11.5 Å². The van der Waals surface area contributed by atoms with Crippen LogP contribution in [0.4, 0.5) is 11.4 Å². The molecule has 2 aromatic carbocycles. The molecule has 0 spiro atoms. The Bertz CT molecular complexity index is 619. The van der Waals surface area contributed by atoms with Crippen LogP contribution in [0.25, 0.3) is 10.8 Å². The fourth-order valence-electron chi connectivity index (χ4n) is 3.43. The van der Waals surface area contributed by atoms with Crippen LogP contribution < -0.4 is 11.5 Å². The lowest BCUT2D eigenvalue weighted by Gasteiger charge is -2.10. The van der Waals surface area contributed by atoms with Gasteiger partial charge in [-0.1, -0.05) is 76.8 Å². The number of anilines is 2. The molecule has 0 aliphatic heterocycles. The van der Waals surface area contributed by atoms with E-state index in [1.54, 1.807) is 0 Å². The topological polar surface area (TPSA) is 52.0 Å². The number of benzene rings is 2. The minimum atomic E-state index is 0.844. The molecule has 0 bridgehead atoms. The van der Waals surface area contributed by atoms with E-state index in [0.29, 0.717) is 0 Å². The lowest BCUT2D eigenvalue weighted by atomic mass is 9.99. The van der Waals surface area contributed by atoms with Crippen molar-refractivity contribution < 1.29 is 0 Å². The van der Waals surface area contributed by atoms with Gasteiger partial charge in [0.15, 0.2) is 0 Å². The van der Waals surface area contributed by atoms with E-state index in [9.17, 15) is 0 Å². The first kappa shape index (κ1) is 18.6. The molecule has 0 saturated carbocycles. The van der Waals surface area contributed by atoms with Gasteiger partial charge in [0.2, 0.25) is 0 Å². The fourth-order valence-corrected chi connectivity index (χ4v) is 3.43. The van der Waals surface area contributed by atoms with Gasteiger partial charge >= 0.3 is 0 Å². The van der Waals surface area contributed by atoms with E-state index >= 15 is 0 Å². The summed E-state index contributed by atoms with van der Waals surface area (Å²) in [6, 6.07) is 10.3. The number of rotatable bonds is 11. The summed E-state index contributed by atoms with van der Waals surface area (Å²) in [4.78, 5) is 0. The fraction of sp³-hybridized carbons (Fsp3) is 0.545. The van der Waals surface area contributed by atoms with Crippen LogP contribution >= 0.6 is 0 Å². The van der Waals surface area contributed by atoms with Gasteiger partial charge in [-0.05, 0) is 42.0 Å².